The van der Waals surface area contributed by atoms with E-state index >= 15 is 0 Å². The van der Waals surface area contributed by atoms with Crippen LogP contribution < -0.4 is 5.01 Å². The molecule has 0 bridgehead atoms. The molecule has 2 aromatic rings. The molecule has 0 saturated carbocycles. The molecule has 31 heavy (non-hydrogen) atoms. The average Bonchev–Trinajstić information content (AvgIpc) is 3.00. The first-order valence-corrected chi connectivity index (χ1v) is 9.14. The summed E-state index contributed by atoms with van der Waals surface area (Å²) in [5, 5.41) is 12.3. The molecule has 0 radical (unpaired) electrons. The van der Waals surface area contributed by atoms with Gasteiger partial charge in [0.05, 0.1) is 35.5 Å². The Labute approximate surface area is 177 Å². The van der Waals surface area contributed by atoms with Gasteiger partial charge in [-0.25, -0.2) is 14.3 Å². The molecular weight excluding hydrogens is 410 g/mol. The smallest absolute Gasteiger partial charge is 0.357 e. The zero-order chi connectivity index (χ0) is 23.5. The van der Waals surface area contributed by atoms with Gasteiger partial charge in [-0.05, 0) is 19.9 Å². The minimum absolute atomic E-state index is 0.00606. The number of methoxy groups -OCH3 is 1. The van der Waals surface area contributed by atoms with Crippen LogP contribution in [0.5, 0.6) is 0 Å². The van der Waals surface area contributed by atoms with Gasteiger partial charge in [-0.3, -0.25) is 19.7 Å². The lowest BCUT2D eigenvalue weighted by atomic mass is 9.98. The van der Waals surface area contributed by atoms with Gasteiger partial charge < -0.3 is 9.47 Å². The number of esters is 2. The predicted octanol–water partition coefficient (Wildman–Crippen LogP) is 2.37. The van der Waals surface area contributed by atoms with E-state index in [1.165, 1.54) is 38.1 Å². The third-order valence-electron chi connectivity index (χ3n) is 4.40. The standard InChI is InChI=1S/C20H21N3O8/c1-6-31-20(27)18-17(14-9-7-8-10-15(14)23(28)29)16(19(26)30-5)11(2)21(18)22(12(3)24)13(4)25/h7-10H,6H2,1-5H3. The van der Waals surface area contributed by atoms with Crippen molar-refractivity contribution in [3.63, 3.8) is 0 Å². The fourth-order valence-electron chi connectivity index (χ4n) is 3.28. The van der Waals surface area contributed by atoms with Crippen LogP contribution in [-0.4, -0.2) is 47.1 Å². The molecular formula is C20H21N3O8. The highest BCUT2D eigenvalue weighted by Crippen LogP contribution is 2.39. The van der Waals surface area contributed by atoms with Crippen LogP contribution in [0.3, 0.4) is 0 Å². The van der Waals surface area contributed by atoms with Gasteiger partial charge in [0, 0.05) is 25.5 Å². The molecule has 1 aromatic heterocycles. The van der Waals surface area contributed by atoms with Crippen molar-refractivity contribution in [2.75, 3.05) is 18.7 Å². The molecule has 0 fully saturated rings. The Morgan fingerprint density at radius 2 is 1.68 bits per heavy atom. The molecule has 2 amide bonds. The van der Waals surface area contributed by atoms with Crippen LogP contribution in [0.2, 0.25) is 0 Å². The summed E-state index contributed by atoms with van der Waals surface area (Å²) < 4.78 is 10.8. The van der Waals surface area contributed by atoms with Crippen LogP contribution in [0.1, 0.15) is 47.3 Å². The van der Waals surface area contributed by atoms with Gasteiger partial charge in [0.25, 0.3) is 5.69 Å². The highest BCUT2D eigenvalue weighted by molar-refractivity contribution is 6.12. The molecule has 0 unspecified atom stereocenters. The minimum Gasteiger partial charge on any atom is -0.465 e. The molecule has 1 aromatic carbocycles. The summed E-state index contributed by atoms with van der Waals surface area (Å²) in [6.07, 6.45) is 0. The molecule has 164 valence electrons. The van der Waals surface area contributed by atoms with E-state index in [4.69, 9.17) is 9.47 Å². The minimum atomic E-state index is -0.985. The number of hydrogen-bond acceptors (Lipinski definition) is 8. The summed E-state index contributed by atoms with van der Waals surface area (Å²) in [6.45, 7) is 5.05. The fraction of sp³-hybridized carbons (Fsp3) is 0.300. The van der Waals surface area contributed by atoms with Crippen LogP contribution >= 0.6 is 0 Å². The molecule has 1 heterocycles. The van der Waals surface area contributed by atoms with Gasteiger partial charge >= 0.3 is 11.9 Å². The number of imide groups is 1. The number of nitro benzene ring substituents is 1. The number of carbonyl (C=O) groups excluding carboxylic acids is 4. The highest BCUT2D eigenvalue weighted by atomic mass is 16.6. The van der Waals surface area contributed by atoms with Crippen molar-refractivity contribution in [1.29, 1.82) is 0 Å². The topological polar surface area (TPSA) is 138 Å². The second-order valence-electron chi connectivity index (χ2n) is 6.33. The maximum atomic E-state index is 13.0. The molecule has 0 atom stereocenters. The van der Waals surface area contributed by atoms with Crippen LogP contribution in [0.15, 0.2) is 24.3 Å². The molecule has 0 spiro atoms. The van der Waals surface area contributed by atoms with Crippen molar-refractivity contribution in [2.45, 2.75) is 27.7 Å². The SMILES string of the molecule is CCOC(=O)c1c(-c2ccccc2[N+](=O)[O-])c(C(=O)OC)c(C)n1N(C(C)=O)C(C)=O. The van der Waals surface area contributed by atoms with E-state index in [0.717, 1.165) is 25.6 Å². The largest absolute Gasteiger partial charge is 0.465 e. The van der Waals surface area contributed by atoms with E-state index in [-0.39, 0.29) is 34.7 Å². The zero-order valence-corrected chi connectivity index (χ0v) is 17.6. The van der Waals surface area contributed by atoms with Crippen LogP contribution in [-0.2, 0) is 19.1 Å². The van der Waals surface area contributed by atoms with Crippen molar-refractivity contribution < 1.29 is 33.6 Å². The van der Waals surface area contributed by atoms with E-state index in [9.17, 15) is 29.3 Å². The van der Waals surface area contributed by atoms with E-state index in [2.05, 4.69) is 0 Å². The lowest BCUT2D eigenvalue weighted by Crippen LogP contribution is -2.45. The number of rotatable bonds is 6. The van der Waals surface area contributed by atoms with E-state index < -0.39 is 34.4 Å². The van der Waals surface area contributed by atoms with Crippen molar-refractivity contribution in [1.82, 2.24) is 4.68 Å². The Morgan fingerprint density at radius 3 is 2.16 bits per heavy atom. The lowest BCUT2D eigenvalue weighted by Gasteiger charge is -2.22. The van der Waals surface area contributed by atoms with E-state index in [1.807, 2.05) is 0 Å². The monoisotopic (exact) mass is 431 g/mol. The second-order valence-corrected chi connectivity index (χ2v) is 6.33. The first kappa shape index (κ1) is 23.3. The van der Waals surface area contributed by atoms with Gasteiger partial charge in [-0.1, -0.05) is 12.1 Å². The van der Waals surface area contributed by atoms with Gasteiger partial charge in [-0.15, -0.1) is 0 Å². The Kier molecular flexibility index (Phi) is 6.90. The second kappa shape index (κ2) is 9.20. The van der Waals surface area contributed by atoms with Crippen LogP contribution in [0.4, 0.5) is 5.69 Å². The fourth-order valence-corrected chi connectivity index (χ4v) is 3.28. The predicted molar refractivity (Wildman–Crippen MR) is 108 cm³/mol. The summed E-state index contributed by atoms with van der Waals surface area (Å²) in [7, 11) is 1.10. The number of hydrogen-bond donors (Lipinski definition) is 0. The maximum absolute atomic E-state index is 13.0. The van der Waals surface area contributed by atoms with Crippen molar-refractivity contribution in [3.05, 3.63) is 51.3 Å². The van der Waals surface area contributed by atoms with E-state index in [1.54, 1.807) is 0 Å². The summed E-state index contributed by atoms with van der Waals surface area (Å²) in [5.41, 5.74) is -1.26. The molecule has 0 aliphatic heterocycles. The number of nitro groups is 1. The Balaban J connectivity index is 3.14. The first-order valence-electron chi connectivity index (χ1n) is 9.14. The van der Waals surface area contributed by atoms with Crippen molar-refractivity contribution in [2.24, 2.45) is 0 Å². The number of carbonyl (C=O) groups is 4. The summed E-state index contributed by atoms with van der Waals surface area (Å²) in [5.74, 6) is -3.40. The third kappa shape index (κ3) is 4.15. The number of nitrogens with zero attached hydrogens (tertiary/aromatic N) is 3. The van der Waals surface area contributed by atoms with Crippen LogP contribution in [0.25, 0.3) is 11.1 Å². The molecule has 0 aliphatic carbocycles. The molecule has 2 rings (SSSR count). The van der Waals surface area contributed by atoms with Gasteiger partial charge in [0.2, 0.25) is 11.8 Å². The highest BCUT2D eigenvalue weighted by Gasteiger charge is 2.37. The Hall–Kier alpha value is -4.02. The number of aromatic nitrogens is 1. The van der Waals surface area contributed by atoms with Crippen molar-refractivity contribution in [3.8, 4) is 11.1 Å². The summed E-state index contributed by atoms with van der Waals surface area (Å²) >= 11 is 0. The summed E-state index contributed by atoms with van der Waals surface area (Å²) in [4.78, 5) is 61.1. The lowest BCUT2D eigenvalue weighted by molar-refractivity contribution is -0.384. The molecule has 0 N–H and O–H groups in total. The maximum Gasteiger partial charge on any atom is 0.357 e. The average molecular weight is 431 g/mol. The summed E-state index contributed by atoms with van der Waals surface area (Å²) in [6, 6.07) is 5.45. The van der Waals surface area contributed by atoms with Gasteiger partial charge in [0.15, 0.2) is 5.69 Å². The quantitative estimate of drug-likeness (QED) is 0.386. The van der Waals surface area contributed by atoms with Gasteiger partial charge in [-0.2, -0.15) is 5.01 Å². The molecule has 0 aliphatic rings. The third-order valence-corrected chi connectivity index (χ3v) is 4.40. The van der Waals surface area contributed by atoms with Gasteiger partial charge in [0.1, 0.15) is 0 Å². The number of para-hydroxylation sites is 1. The van der Waals surface area contributed by atoms with E-state index in [0.29, 0.717) is 5.01 Å². The Bertz CT molecular complexity index is 1070. The van der Waals surface area contributed by atoms with Crippen molar-refractivity contribution >= 4 is 29.4 Å². The molecule has 11 nitrogen and oxygen atoms in total. The number of amides is 2. The first-order chi connectivity index (χ1) is 14.6. The normalized spacial score (nSPS) is 10.4. The number of benzene rings is 1. The Morgan fingerprint density at radius 1 is 1.10 bits per heavy atom. The van der Waals surface area contributed by atoms with Crippen LogP contribution in [0, 0.1) is 17.0 Å². The molecule has 11 heteroatoms. The number of ether oxygens (including phenoxy) is 2. The molecule has 0 saturated heterocycles. The zero-order valence-electron chi connectivity index (χ0n) is 17.6.